The van der Waals surface area contributed by atoms with E-state index in [1.165, 1.54) is 11.0 Å². The third kappa shape index (κ3) is 3.02. The lowest BCUT2D eigenvalue weighted by Gasteiger charge is -2.17. The number of amides is 2. The van der Waals surface area contributed by atoms with E-state index in [-0.39, 0.29) is 30.5 Å². The number of nitrogens with one attached hydrogen (secondary N) is 1. The first-order chi connectivity index (χ1) is 11.5. The van der Waals surface area contributed by atoms with Gasteiger partial charge in [-0.1, -0.05) is 24.3 Å². The van der Waals surface area contributed by atoms with Crippen LogP contribution in [0.25, 0.3) is 0 Å². The van der Waals surface area contributed by atoms with E-state index < -0.39 is 11.7 Å². The molecule has 0 aromatic heterocycles. The molecule has 1 saturated heterocycles. The molecule has 124 valence electrons. The molecule has 0 saturated carbocycles. The molecule has 0 unspecified atom stereocenters. The maximum Gasteiger partial charge on any atom is 0.229 e. The van der Waals surface area contributed by atoms with Gasteiger partial charge in [0.2, 0.25) is 11.8 Å². The number of anilines is 2. The van der Waals surface area contributed by atoms with Crippen LogP contribution in [0.4, 0.5) is 15.8 Å². The zero-order chi connectivity index (χ0) is 17.3. The summed E-state index contributed by atoms with van der Waals surface area (Å²) in [4.78, 5) is 26.0. The number of carbonyl (C=O) groups excluding carboxylic acids is 2. The van der Waals surface area contributed by atoms with Crippen LogP contribution in [0, 0.1) is 25.6 Å². The number of carbonyl (C=O) groups is 2. The Balaban J connectivity index is 1.75. The van der Waals surface area contributed by atoms with E-state index in [2.05, 4.69) is 5.32 Å². The molecule has 0 aliphatic carbocycles. The van der Waals surface area contributed by atoms with Gasteiger partial charge in [0.05, 0.1) is 11.6 Å². The molecule has 2 aromatic rings. The Labute approximate surface area is 140 Å². The Morgan fingerprint density at radius 2 is 1.92 bits per heavy atom. The second-order valence-electron chi connectivity index (χ2n) is 6.09. The Kier molecular flexibility index (Phi) is 4.34. The smallest absolute Gasteiger partial charge is 0.229 e. The predicted molar refractivity (Wildman–Crippen MR) is 91.4 cm³/mol. The van der Waals surface area contributed by atoms with Crippen LogP contribution in [0.5, 0.6) is 0 Å². The lowest BCUT2D eigenvalue weighted by atomic mass is 10.1. The third-order valence-corrected chi connectivity index (χ3v) is 4.50. The molecular formula is C19H19FN2O2. The Hall–Kier alpha value is -2.69. The topological polar surface area (TPSA) is 49.4 Å². The molecule has 0 spiro atoms. The fraction of sp³-hybridized carbons (Fsp3) is 0.263. The molecule has 0 radical (unpaired) electrons. The zero-order valence-electron chi connectivity index (χ0n) is 13.7. The van der Waals surface area contributed by atoms with Crippen molar-refractivity contribution in [3.63, 3.8) is 0 Å². The van der Waals surface area contributed by atoms with Crippen LogP contribution in [0.2, 0.25) is 0 Å². The molecular weight excluding hydrogens is 307 g/mol. The quantitative estimate of drug-likeness (QED) is 0.939. The zero-order valence-corrected chi connectivity index (χ0v) is 13.7. The minimum Gasteiger partial charge on any atom is -0.326 e. The van der Waals surface area contributed by atoms with E-state index in [1.54, 1.807) is 18.2 Å². The van der Waals surface area contributed by atoms with Gasteiger partial charge >= 0.3 is 0 Å². The van der Waals surface area contributed by atoms with Crippen LogP contribution in [0.1, 0.15) is 17.5 Å². The summed E-state index contributed by atoms with van der Waals surface area (Å²) in [7, 11) is 0. The molecule has 5 heteroatoms. The van der Waals surface area contributed by atoms with Crippen LogP contribution in [0.15, 0.2) is 42.5 Å². The summed E-state index contributed by atoms with van der Waals surface area (Å²) in [5, 5.41) is 2.89. The molecule has 1 N–H and O–H groups in total. The molecule has 1 heterocycles. The fourth-order valence-corrected chi connectivity index (χ4v) is 2.91. The maximum absolute atomic E-state index is 13.9. The lowest BCUT2D eigenvalue weighted by Crippen LogP contribution is -2.28. The first-order valence-corrected chi connectivity index (χ1v) is 7.89. The number of benzene rings is 2. The average Bonchev–Trinajstić information content (AvgIpc) is 2.94. The third-order valence-electron chi connectivity index (χ3n) is 4.50. The average molecular weight is 326 g/mol. The number of hydrogen-bond donors (Lipinski definition) is 1. The molecule has 1 aliphatic rings. The number of rotatable bonds is 3. The summed E-state index contributed by atoms with van der Waals surface area (Å²) >= 11 is 0. The molecule has 4 nitrogen and oxygen atoms in total. The Morgan fingerprint density at radius 3 is 2.67 bits per heavy atom. The van der Waals surface area contributed by atoms with Gasteiger partial charge in [0.1, 0.15) is 5.82 Å². The fourth-order valence-electron chi connectivity index (χ4n) is 2.91. The molecule has 1 aliphatic heterocycles. The maximum atomic E-state index is 13.9. The van der Waals surface area contributed by atoms with Gasteiger partial charge in [-0.15, -0.1) is 0 Å². The van der Waals surface area contributed by atoms with Crippen molar-refractivity contribution in [3.8, 4) is 0 Å². The lowest BCUT2D eigenvalue weighted by molar-refractivity contribution is -0.122. The van der Waals surface area contributed by atoms with Gasteiger partial charge in [0, 0.05) is 18.7 Å². The van der Waals surface area contributed by atoms with Crippen LogP contribution in [0.3, 0.4) is 0 Å². The van der Waals surface area contributed by atoms with Gasteiger partial charge in [-0.3, -0.25) is 9.59 Å². The van der Waals surface area contributed by atoms with E-state index in [0.29, 0.717) is 0 Å². The summed E-state index contributed by atoms with van der Waals surface area (Å²) in [5.74, 6) is -1.39. The van der Waals surface area contributed by atoms with Crippen molar-refractivity contribution in [1.82, 2.24) is 0 Å². The van der Waals surface area contributed by atoms with E-state index in [9.17, 15) is 14.0 Å². The number of nitrogens with zero attached hydrogens (tertiary/aromatic N) is 1. The van der Waals surface area contributed by atoms with Crippen LogP contribution in [-0.4, -0.2) is 18.4 Å². The van der Waals surface area contributed by atoms with Crippen molar-refractivity contribution in [2.45, 2.75) is 20.3 Å². The highest BCUT2D eigenvalue weighted by Gasteiger charge is 2.36. The van der Waals surface area contributed by atoms with Crippen molar-refractivity contribution in [2.24, 2.45) is 5.92 Å². The number of para-hydroxylation sites is 1. The van der Waals surface area contributed by atoms with Crippen LogP contribution >= 0.6 is 0 Å². The van der Waals surface area contributed by atoms with Crippen LogP contribution in [-0.2, 0) is 9.59 Å². The largest absolute Gasteiger partial charge is 0.326 e. The van der Waals surface area contributed by atoms with Gasteiger partial charge in [0.15, 0.2) is 0 Å². The van der Waals surface area contributed by atoms with Gasteiger partial charge in [-0.2, -0.15) is 0 Å². The minimum atomic E-state index is -0.489. The summed E-state index contributed by atoms with van der Waals surface area (Å²) in [6.45, 7) is 4.11. The standard InChI is InChI=1S/C19H19FN2O2/c1-12-6-5-8-16(13(12)2)21-19(24)14-10-18(23)22(11-14)17-9-4-3-7-15(17)20/h3-9,14H,10-11H2,1-2H3,(H,21,24)/t14-/m0/s1. The molecule has 0 bridgehead atoms. The molecule has 1 atom stereocenters. The SMILES string of the molecule is Cc1cccc(NC(=O)[C@H]2CC(=O)N(c3ccccc3F)C2)c1C. The first-order valence-electron chi connectivity index (χ1n) is 7.89. The molecule has 3 rings (SSSR count). The van der Waals surface area contributed by atoms with Crippen molar-refractivity contribution < 1.29 is 14.0 Å². The van der Waals surface area contributed by atoms with Gasteiger partial charge in [-0.05, 0) is 43.2 Å². The summed E-state index contributed by atoms with van der Waals surface area (Å²) in [5.41, 5.74) is 3.06. The van der Waals surface area contributed by atoms with Crippen LogP contribution < -0.4 is 10.2 Å². The highest BCUT2D eigenvalue weighted by molar-refractivity contribution is 6.03. The van der Waals surface area contributed by atoms with Gasteiger partial charge in [0.25, 0.3) is 0 Å². The molecule has 2 aromatic carbocycles. The second-order valence-corrected chi connectivity index (χ2v) is 6.09. The second kappa shape index (κ2) is 6.43. The van der Waals surface area contributed by atoms with Crippen molar-refractivity contribution in [2.75, 3.05) is 16.8 Å². The van der Waals surface area contributed by atoms with E-state index in [1.807, 2.05) is 32.0 Å². The van der Waals surface area contributed by atoms with E-state index in [4.69, 9.17) is 0 Å². The van der Waals surface area contributed by atoms with Gasteiger partial charge in [-0.25, -0.2) is 4.39 Å². The van der Waals surface area contributed by atoms with Gasteiger partial charge < -0.3 is 10.2 Å². The number of halogens is 1. The monoisotopic (exact) mass is 326 g/mol. The minimum absolute atomic E-state index is 0.0883. The van der Waals surface area contributed by atoms with Crippen molar-refractivity contribution >= 4 is 23.2 Å². The van der Waals surface area contributed by atoms with Crippen molar-refractivity contribution in [3.05, 3.63) is 59.4 Å². The number of aryl methyl sites for hydroxylation is 1. The number of hydrogen-bond acceptors (Lipinski definition) is 2. The first kappa shape index (κ1) is 16.2. The summed E-state index contributed by atoms with van der Waals surface area (Å²) in [6.07, 6.45) is 0.0883. The molecule has 24 heavy (non-hydrogen) atoms. The normalized spacial score (nSPS) is 17.2. The van der Waals surface area contributed by atoms with E-state index >= 15 is 0 Å². The van der Waals surface area contributed by atoms with Crippen molar-refractivity contribution in [1.29, 1.82) is 0 Å². The highest BCUT2D eigenvalue weighted by Crippen LogP contribution is 2.28. The Morgan fingerprint density at radius 1 is 1.17 bits per heavy atom. The van der Waals surface area contributed by atoms with E-state index in [0.717, 1.165) is 16.8 Å². The summed E-state index contributed by atoms with van der Waals surface area (Å²) < 4.78 is 13.9. The predicted octanol–water partition coefficient (Wildman–Crippen LogP) is 3.43. The Bertz CT molecular complexity index is 804. The molecule has 1 fully saturated rings. The molecule has 2 amide bonds. The summed E-state index contributed by atoms with van der Waals surface area (Å²) in [6, 6.07) is 11.8. The highest BCUT2D eigenvalue weighted by atomic mass is 19.1.